The monoisotopic (exact) mass is 268 g/mol. The second kappa shape index (κ2) is 5.63. The largest absolute Gasteiger partial charge is 0.493 e. The highest BCUT2D eigenvalue weighted by Gasteiger charge is 2.21. The Hall–Kier alpha value is -1.87. The minimum Gasteiger partial charge on any atom is -0.493 e. The summed E-state index contributed by atoms with van der Waals surface area (Å²) in [5, 5.41) is 3.45. The summed E-state index contributed by atoms with van der Waals surface area (Å²) in [5.74, 6) is 1.43. The van der Waals surface area contributed by atoms with Crippen molar-refractivity contribution < 1.29 is 4.74 Å². The Kier molecular flexibility index (Phi) is 3.70. The molecule has 2 aromatic rings. The predicted octanol–water partition coefficient (Wildman–Crippen LogP) is 3.08. The maximum Gasteiger partial charge on any atom is 0.122 e. The van der Waals surface area contributed by atoms with Gasteiger partial charge in [0, 0.05) is 30.8 Å². The molecule has 2 heterocycles. The van der Waals surface area contributed by atoms with Crippen LogP contribution in [0.3, 0.4) is 0 Å². The average molecular weight is 268 g/mol. The van der Waals surface area contributed by atoms with Gasteiger partial charge in [0.05, 0.1) is 6.61 Å². The van der Waals surface area contributed by atoms with Crippen molar-refractivity contribution >= 4 is 0 Å². The van der Waals surface area contributed by atoms with Crippen LogP contribution >= 0.6 is 0 Å². The third-order valence-electron chi connectivity index (χ3n) is 4.12. The van der Waals surface area contributed by atoms with Crippen molar-refractivity contribution in [3.8, 4) is 5.75 Å². The molecule has 1 aliphatic rings. The van der Waals surface area contributed by atoms with E-state index in [1.54, 1.807) is 0 Å². The van der Waals surface area contributed by atoms with Gasteiger partial charge in [0.15, 0.2) is 0 Å². The molecule has 0 fully saturated rings. The van der Waals surface area contributed by atoms with E-state index >= 15 is 0 Å². The van der Waals surface area contributed by atoms with Crippen LogP contribution in [0.1, 0.15) is 35.6 Å². The van der Waals surface area contributed by atoms with Crippen LogP contribution in [0.2, 0.25) is 0 Å². The van der Waals surface area contributed by atoms with Gasteiger partial charge in [0.2, 0.25) is 0 Å². The molecule has 0 saturated carbocycles. The van der Waals surface area contributed by atoms with Crippen LogP contribution in [-0.2, 0) is 6.42 Å². The molecule has 0 bridgehead atoms. The maximum atomic E-state index is 5.58. The highest BCUT2D eigenvalue weighted by molar-refractivity contribution is 5.41. The Morgan fingerprint density at radius 2 is 1.95 bits per heavy atom. The predicted molar refractivity (Wildman–Crippen MR) is 80.1 cm³/mol. The molecule has 0 saturated heterocycles. The molecular weight excluding hydrogens is 248 g/mol. The first-order valence-corrected chi connectivity index (χ1v) is 7.12. The van der Waals surface area contributed by atoms with E-state index in [4.69, 9.17) is 4.74 Å². The number of pyridine rings is 1. The molecule has 0 spiro atoms. The molecule has 3 rings (SSSR count). The van der Waals surface area contributed by atoms with Crippen molar-refractivity contribution in [3.63, 3.8) is 0 Å². The summed E-state index contributed by atoms with van der Waals surface area (Å²) in [4.78, 5) is 4.10. The lowest BCUT2D eigenvalue weighted by Crippen LogP contribution is -2.22. The lowest BCUT2D eigenvalue weighted by molar-refractivity contribution is 0.356. The Bertz CT molecular complexity index is 583. The van der Waals surface area contributed by atoms with Crippen LogP contribution in [-0.4, -0.2) is 18.6 Å². The molecular formula is C17H20N2O. The number of benzene rings is 1. The van der Waals surface area contributed by atoms with E-state index in [-0.39, 0.29) is 0 Å². The average Bonchev–Trinajstić information content (AvgIpc) is 2.96. The topological polar surface area (TPSA) is 34.1 Å². The summed E-state index contributed by atoms with van der Waals surface area (Å²) in [6.45, 7) is 3.06. The molecule has 2 unspecified atom stereocenters. The van der Waals surface area contributed by atoms with Crippen molar-refractivity contribution in [1.29, 1.82) is 0 Å². The summed E-state index contributed by atoms with van der Waals surface area (Å²) < 4.78 is 5.58. The molecule has 3 heteroatoms. The smallest absolute Gasteiger partial charge is 0.122 e. The van der Waals surface area contributed by atoms with Gasteiger partial charge < -0.3 is 10.1 Å². The molecule has 3 nitrogen and oxygen atoms in total. The molecule has 104 valence electrons. The van der Waals surface area contributed by atoms with E-state index in [1.807, 2.05) is 19.4 Å². The normalized spacial score (nSPS) is 16.3. The Morgan fingerprint density at radius 3 is 2.70 bits per heavy atom. The van der Waals surface area contributed by atoms with Crippen molar-refractivity contribution in [2.24, 2.45) is 0 Å². The molecule has 0 radical (unpaired) electrons. The second-order valence-corrected chi connectivity index (χ2v) is 5.30. The number of hydrogen-bond acceptors (Lipinski definition) is 3. The van der Waals surface area contributed by atoms with E-state index < -0.39 is 0 Å². The minimum atomic E-state index is 0.295. The van der Waals surface area contributed by atoms with Gasteiger partial charge in [0.25, 0.3) is 0 Å². The van der Waals surface area contributed by atoms with Crippen LogP contribution in [0.15, 0.2) is 42.7 Å². The van der Waals surface area contributed by atoms with Gasteiger partial charge in [-0.2, -0.15) is 0 Å². The molecule has 2 atom stereocenters. The first-order valence-electron chi connectivity index (χ1n) is 7.12. The number of likely N-dealkylation sites (N-methyl/N-ethyl adjacent to an activating group) is 1. The van der Waals surface area contributed by atoms with Crippen LogP contribution in [0.25, 0.3) is 0 Å². The second-order valence-electron chi connectivity index (χ2n) is 5.30. The number of ether oxygens (including phenoxy) is 1. The molecule has 1 aliphatic heterocycles. The molecule has 0 amide bonds. The summed E-state index contributed by atoms with van der Waals surface area (Å²) in [7, 11) is 2.02. The van der Waals surface area contributed by atoms with Gasteiger partial charge in [-0.3, -0.25) is 4.98 Å². The van der Waals surface area contributed by atoms with Crippen molar-refractivity contribution in [2.75, 3.05) is 13.7 Å². The first kappa shape index (κ1) is 13.1. The zero-order chi connectivity index (χ0) is 13.9. The lowest BCUT2D eigenvalue weighted by atomic mass is 9.88. The number of nitrogens with zero attached hydrogens (tertiary/aromatic N) is 1. The summed E-state index contributed by atoms with van der Waals surface area (Å²) in [5.41, 5.74) is 3.95. The number of aromatic nitrogens is 1. The summed E-state index contributed by atoms with van der Waals surface area (Å²) in [6, 6.07) is 11.0. The van der Waals surface area contributed by atoms with Crippen molar-refractivity contribution in [3.05, 3.63) is 59.4 Å². The van der Waals surface area contributed by atoms with Gasteiger partial charge >= 0.3 is 0 Å². The SMILES string of the molecule is CNC(c1ccc2c(c1)CCO2)C(C)c1ccncc1. The van der Waals surface area contributed by atoms with Crippen LogP contribution in [0.5, 0.6) is 5.75 Å². The fraction of sp³-hybridized carbons (Fsp3) is 0.353. The Morgan fingerprint density at radius 1 is 1.15 bits per heavy atom. The van der Waals surface area contributed by atoms with Crippen LogP contribution < -0.4 is 10.1 Å². The highest BCUT2D eigenvalue weighted by atomic mass is 16.5. The van der Waals surface area contributed by atoms with Gasteiger partial charge in [-0.05, 0) is 41.9 Å². The molecule has 1 aromatic heterocycles. The molecule has 1 N–H and O–H groups in total. The van der Waals surface area contributed by atoms with Crippen molar-refractivity contribution in [2.45, 2.75) is 25.3 Å². The van der Waals surface area contributed by atoms with E-state index in [0.717, 1.165) is 18.8 Å². The van der Waals surface area contributed by atoms with Crippen molar-refractivity contribution in [1.82, 2.24) is 10.3 Å². The van der Waals surface area contributed by atoms with Gasteiger partial charge in [-0.25, -0.2) is 0 Å². The molecule has 0 aliphatic carbocycles. The van der Waals surface area contributed by atoms with Crippen LogP contribution in [0.4, 0.5) is 0 Å². The van der Waals surface area contributed by atoms with E-state index in [0.29, 0.717) is 12.0 Å². The summed E-state index contributed by atoms with van der Waals surface area (Å²) in [6.07, 6.45) is 4.73. The standard InChI is InChI=1S/C17H20N2O/c1-12(13-5-8-19-9-6-13)17(18-2)15-3-4-16-14(11-15)7-10-20-16/h3-6,8-9,11-12,17-18H,7,10H2,1-2H3. The third kappa shape index (κ3) is 2.41. The molecule has 20 heavy (non-hydrogen) atoms. The Balaban J connectivity index is 1.90. The lowest BCUT2D eigenvalue weighted by Gasteiger charge is -2.25. The summed E-state index contributed by atoms with van der Waals surface area (Å²) >= 11 is 0. The first-order chi connectivity index (χ1) is 9.79. The molecule has 1 aromatic carbocycles. The minimum absolute atomic E-state index is 0.295. The van der Waals surface area contributed by atoms with Gasteiger partial charge in [-0.15, -0.1) is 0 Å². The number of nitrogens with one attached hydrogen (secondary N) is 1. The van der Waals surface area contributed by atoms with E-state index in [1.165, 1.54) is 16.7 Å². The number of fused-ring (bicyclic) bond motifs is 1. The highest BCUT2D eigenvalue weighted by Crippen LogP contribution is 2.34. The number of hydrogen-bond donors (Lipinski definition) is 1. The Labute approximate surface area is 120 Å². The van der Waals surface area contributed by atoms with Gasteiger partial charge in [-0.1, -0.05) is 19.1 Å². The van der Waals surface area contributed by atoms with E-state index in [2.05, 4.69) is 47.6 Å². The van der Waals surface area contributed by atoms with Crippen LogP contribution in [0, 0.1) is 0 Å². The number of rotatable bonds is 4. The quantitative estimate of drug-likeness (QED) is 0.925. The van der Waals surface area contributed by atoms with Gasteiger partial charge in [0.1, 0.15) is 5.75 Å². The van der Waals surface area contributed by atoms with E-state index in [9.17, 15) is 0 Å². The third-order valence-corrected chi connectivity index (χ3v) is 4.12. The zero-order valence-electron chi connectivity index (χ0n) is 12.0. The zero-order valence-corrected chi connectivity index (χ0v) is 12.0. The maximum absolute atomic E-state index is 5.58. The fourth-order valence-corrected chi connectivity index (χ4v) is 2.96. The fourth-order valence-electron chi connectivity index (χ4n) is 2.96.